The van der Waals surface area contributed by atoms with Crippen molar-refractivity contribution in [1.82, 2.24) is 5.43 Å². The fourth-order valence-electron chi connectivity index (χ4n) is 2.07. The highest BCUT2D eigenvalue weighted by atomic mass is 16.5. The van der Waals surface area contributed by atoms with Crippen LogP contribution in [-0.4, -0.2) is 24.6 Å². The van der Waals surface area contributed by atoms with Crippen molar-refractivity contribution in [2.75, 3.05) is 12.4 Å². The van der Waals surface area contributed by atoms with Gasteiger partial charge in [-0.2, -0.15) is 5.10 Å². The molecule has 0 unspecified atom stereocenters. The van der Waals surface area contributed by atoms with Crippen LogP contribution in [-0.2, 0) is 9.59 Å². The number of hydrogen-bond acceptors (Lipinski definition) is 4. The topological polar surface area (TPSA) is 79.8 Å². The van der Waals surface area contributed by atoms with Gasteiger partial charge >= 0.3 is 0 Å². The fourth-order valence-corrected chi connectivity index (χ4v) is 2.07. The molecule has 0 saturated carbocycles. The monoisotopic (exact) mass is 339 g/mol. The van der Waals surface area contributed by atoms with Crippen LogP contribution in [0.1, 0.15) is 25.3 Å². The van der Waals surface area contributed by atoms with Gasteiger partial charge in [0.25, 0.3) is 0 Å². The first-order valence-corrected chi connectivity index (χ1v) is 7.91. The third kappa shape index (κ3) is 6.10. The van der Waals surface area contributed by atoms with Gasteiger partial charge in [0, 0.05) is 18.5 Å². The lowest BCUT2D eigenvalue weighted by Crippen LogP contribution is -2.21. The fraction of sp³-hybridized carbons (Fsp3) is 0.211. The normalized spacial score (nSPS) is 10.9. The van der Waals surface area contributed by atoms with Crippen molar-refractivity contribution in [2.45, 2.75) is 19.8 Å². The summed E-state index contributed by atoms with van der Waals surface area (Å²) in [4.78, 5) is 23.6. The molecule has 0 saturated heterocycles. The van der Waals surface area contributed by atoms with Crippen LogP contribution in [0, 0.1) is 0 Å². The lowest BCUT2D eigenvalue weighted by molar-refractivity contribution is -0.124. The van der Waals surface area contributed by atoms with E-state index in [1.807, 2.05) is 42.5 Å². The van der Waals surface area contributed by atoms with E-state index < -0.39 is 0 Å². The zero-order valence-corrected chi connectivity index (χ0v) is 14.3. The molecule has 6 nitrogen and oxygen atoms in total. The Morgan fingerprint density at radius 1 is 0.960 bits per heavy atom. The molecule has 2 amide bonds. The molecule has 0 atom stereocenters. The van der Waals surface area contributed by atoms with Gasteiger partial charge < -0.3 is 10.1 Å². The number of carbonyl (C=O) groups excluding carboxylic acids is 2. The van der Waals surface area contributed by atoms with Gasteiger partial charge in [-0.1, -0.05) is 18.2 Å². The summed E-state index contributed by atoms with van der Waals surface area (Å²) >= 11 is 0. The van der Waals surface area contributed by atoms with Gasteiger partial charge in [-0.25, -0.2) is 5.43 Å². The number of benzene rings is 2. The largest absolute Gasteiger partial charge is 0.497 e. The predicted molar refractivity (Wildman–Crippen MR) is 97.7 cm³/mol. The smallest absolute Gasteiger partial charge is 0.240 e. The molecule has 2 aromatic rings. The van der Waals surface area contributed by atoms with Crippen LogP contribution in [0.3, 0.4) is 0 Å². The van der Waals surface area contributed by atoms with Gasteiger partial charge in [0.1, 0.15) is 5.75 Å². The third-order valence-corrected chi connectivity index (χ3v) is 3.49. The van der Waals surface area contributed by atoms with Crippen LogP contribution in [0.25, 0.3) is 0 Å². The van der Waals surface area contributed by atoms with Crippen molar-refractivity contribution in [3.8, 4) is 5.75 Å². The van der Waals surface area contributed by atoms with Crippen molar-refractivity contribution in [3.05, 3.63) is 60.2 Å². The van der Waals surface area contributed by atoms with Crippen LogP contribution < -0.4 is 15.5 Å². The predicted octanol–water partition coefficient (Wildman–Crippen LogP) is 2.95. The van der Waals surface area contributed by atoms with E-state index in [2.05, 4.69) is 15.8 Å². The van der Waals surface area contributed by atoms with Crippen molar-refractivity contribution < 1.29 is 14.3 Å². The maximum Gasteiger partial charge on any atom is 0.240 e. The number of nitrogens with one attached hydrogen (secondary N) is 2. The average Bonchev–Trinajstić information content (AvgIpc) is 2.65. The lowest BCUT2D eigenvalue weighted by Gasteiger charge is -2.05. The van der Waals surface area contributed by atoms with Crippen molar-refractivity contribution in [1.29, 1.82) is 0 Å². The standard InChI is InChI=1S/C19H21N3O3/c1-14(15-8-10-17(25-2)11-9-15)21-22-19(24)13-12-18(23)20-16-6-4-3-5-7-16/h3-11H,12-13H2,1-2H3,(H,20,23)(H,22,24). The van der Waals surface area contributed by atoms with E-state index in [1.165, 1.54) is 0 Å². The maximum atomic E-state index is 11.8. The highest BCUT2D eigenvalue weighted by molar-refractivity contribution is 5.99. The van der Waals surface area contributed by atoms with Crippen molar-refractivity contribution in [3.63, 3.8) is 0 Å². The Bertz CT molecular complexity index is 740. The van der Waals surface area contributed by atoms with E-state index in [-0.39, 0.29) is 24.7 Å². The number of ether oxygens (including phenoxy) is 1. The Labute approximate surface area is 146 Å². The second-order valence-electron chi connectivity index (χ2n) is 5.37. The van der Waals surface area contributed by atoms with Gasteiger partial charge in [-0.3, -0.25) is 9.59 Å². The van der Waals surface area contributed by atoms with Crippen molar-refractivity contribution >= 4 is 23.2 Å². The summed E-state index contributed by atoms with van der Waals surface area (Å²) < 4.78 is 5.10. The number of amides is 2. The number of methoxy groups -OCH3 is 1. The van der Waals surface area contributed by atoms with Crippen LogP contribution in [0.5, 0.6) is 5.75 Å². The first kappa shape index (κ1) is 18.2. The Hall–Kier alpha value is -3.15. The number of hydrogen-bond donors (Lipinski definition) is 2. The van der Waals surface area contributed by atoms with Crippen LogP contribution in [0.15, 0.2) is 59.7 Å². The van der Waals surface area contributed by atoms with E-state index in [0.717, 1.165) is 11.3 Å². The number of hydrazone groups is 1. The first-order valence-electron chi connectivity index (χ1n) is 7.91. The second kappa shape index (κ2) is 9.22. The number of para-hydroxylation sites is 1. The molecule has 2 aromatic carbocycles. The third-order valence-electron chi connectivity index (χ3n) is 3.49. The lowest BCUT2D eigenvalue weighted by atomic mass is 10.1. The van der Waals surface area contributed by atoms with E-state index in [1.54, 1.807) is 26.2 Å². The molecule has 0 radical (unpaired) electrons. The van der Waals surface area contributed by atoms with Crippen LogP contribution in [0.4, 0.5) is 5.69 Å². The Morgan fingerprint density at radius 3 is 2.24 bits per heavy atom. The minimum absolute atomic E-state index is 0.0675. The van der Waals surface area contributed by atoms with Gasteiger partial charge in [-0.15, -0.1) is 0 Å². The zero-order valence-electron chi connectivity index (χ0n) is 14.3. The Balaban J connectivity index is 1.78. The quantitative estimate of drug-likeness (QED) is 0.601. The molecule has 0 bridgehead atoms. The number of carbonyl (C=O) groups is 2. The molecule has 0 fully saturated rings. The number of nitrogens with zero attached hydrogens (tertiary/aromatic N) is 1. The number of rotatable bonds is 7. The second-order valence-corrected chi connectivity index (χ2v) is 5.37. The van der Waals surface area contributed by atoms with Gasteiger partial charge in [0.05, 0.1) is 12.8 Å². The molecule has 130 valence electrons. The molecule has 2 N–H and O–H groups in total. The molecule has 0 aliphatic carbocycles. The molecule has 0 aliphatic rings. The summed E-state index contributed by atoms with van der Waals surface area (Å²) in [6.45, 7) is 1.80. The molecule has 0 spiro atoms. The van der Waals surface area contributed by atoms with Gasteiger partial charge in [0.2, 0.25) is 11.8 Å². The van der Waals surface area contributed by atoms with Crippen LogP contribution in [0.2, 0.25) is 0 Å². The summed E-state index contributed by atoms with van der Waals surface area (Å²) in [7, 11) is 1.60. The highest BCUT2D eigenvalue weighted by Gasteiger charge is 2.07. The molecule has 0 heterocycles. The molecule has 0 aromatic heterocycles. The summed E-state index contributed by atoms with van der Waals surface area (Å²) in [5.41, 5.74) is 4.72. The molecule has 0 aliphatic heterocycles. The van der Waals surface area contributed by atoms with E-state index in [9.17, 15) is 9.59 Å². The van der Waals surface area contributed by atoms with E-state index in [4.69, 9.17) is 4.74 Å². The summed E-state index contributed by atoms with van der Waals surface area (Å²) in [5.74, 6) is 0.235. The number of anilines is 1. The molecular formula is C19H21N3O3. The first-order chi connectivity index (χ1) is 12.1. The zero-order chi connectivity index (χ0) is 18.1. The molecular weight excluding hydrogens is 318 g/mol. The Morgan fingerprint density at radius 2 is 1.60 bits per heavy atom. The SMILES string of the molecule is COc1ccc(C(C)=NNC(=O)CCC(=O)Nc2ccccc2)cc1. The van der Waals surface area contributed by atoms with Crippen molar-refractivity contribution in [2.24, 2.45) is 5.10 Å². The highest BCUT2D eigenvalue weighted by Crippen LogP contribution is 2.11. The van der Waals surface area contributed by atoms with Gasteiger partial charge in [-0.05, 0) is 48.9 Å². The molecule has 25 heavy (non-hydrogen) atoms. The minimum atomic E-state index is -0.309. The average molecular weight is 339 g/mol. The van der Waals surface area contributed by atoms with Crippen LogP contribution >= 0.6 is 0 Å². The maximum absolute atomic E-state index is 11.8. The summed E-state index contributed by atoms with van der Waals surface area (Å²) in [5, 5.41) is 6.79. The summed E-state index contributed by atoms with van der Waals surface area (Å²) in [6.07, 6.45) is 0.163. The molecule has 6 heteroatoms. The minimum Gasteiger partial charge on any atom is -0.497 e. The summed E-state index contributed by atoms with van der Waals surface area (Å²) in [6, 6.07) is 16.5. The Kier molecular flexibility index (Phi) is 6.71. The van der Waals surface area contributed by atoms with E-state index in [0.29, 0.717) is 11.4 Å². The van der Waals surface area contributed by atoms with E-state index >= 15 is 0 Å². The van der Waals surface area contributed by atoms with Gasteiger partial charge in [0.15, 0.2) is 0 Å². The molecule has 2 rings (SSSR count).